The molecule has 1 saturated heterocycles. The summed E-state index contributed by atoms with van der Waals surface area (Å²) in [7, 11) is 1.81. The van der Waals surface area contributed by atoms with Gasteiger partial charge in [-0.05, 0) is 37.9 Å². The second-order valence-electron chi connectivity index (χ2n) is 5.10. The van der Waals surface area contributed by atoms with Gasteiger partial charge in [-0.15, -0.1) is 12.4 Å². The first-order valence-corrected chi connectivity index (χ1v) is 6.90. The number of hydrogen-bond donors (Lipinski definition) is 1. The van der Waals surface area contributed by atoms with E-state index in [1.807, 2.05) is 11.9 Å². The third-order valence-corrected chi connectivity index (χ3v) is 3.78. The largest absolute Gasteiger partial charge is 0.417 e. The van der Waals surface area contributed by atoms with Crippen LogP contribution < -0.4 is 10.2 Å². The molecule has 0 amide bonds. The zero-order valence-corrected chi connectivity index (χ0v) is 13.2. The van der Waals surface area contributed by atoms with Crippen molar-refractivity contribution in [2.75, 3.05) is 31.6 Å². The van der Waals surface area contributed by atoms with E-state index in [0.29, 0.717) is 11.7 Å². The van der Waals surface area contributed by atoms with Crippen molar-refractivity contribution in [2.24, 2.45) is 5.92 Å². The molecule has 2 heterocycles. The molecular weight excluding hydrogens is 326 g/mol. The first kappa shape index (κ1) is 18.3. The van der Waals surface area contributed by atoms with E-state index in [4.69, 9.17) is 11.6 Å². The maximum absolute atomic E-state index is 12.6. The van der Waals surface area contributed by atoms with Crippen LogP contribution in [-0.4, -0.2) is 31.7 Å². The Morgan fingerprint density at radius 3 is 2.52 bits per heavy atom. The Morgan fingerprint density at radius 1 is 1.38 bits per heavy atom. The van der Waals surface area contributed by atoms with Crippen LogP contribution in [0.15, 0.2) is 12.3 Å². The monoisotopic (exact) mass is 343 g/mol. The van der Waals surface area contributed by atoms with Crippen LogP contribution in [0, 0.1) is 5.92 Å². The number of rotatable bonds is 3. The van der Waals surface area contributed by atoms with E-state index < -0.39 is 11.7 Å². The Balaban J connectivity index is 0.00000220. The highest BCUT2D eigenvalue weighted by molar-refractivity contribution is 6.33. The van der Waals surface area contributed by atoms with Crippen molar-refractivity contribution in [3.05, 3.63) is 22.8 Å². The summed E-state index contributed by atoms with van der Waals surface area (Å²) >= 11 is 5.93. The van der Waals surface area contributed by atoms with Crippen molar-refractivity contribution in [2.45, 2.75) is 19.0 Å². The third kappa shape index (κ3) is 4.90. The number of piperidine rings is 1. The van der Waals surface area contributed by atoms with Crippen molar-refractivity contribution in [1.29, 1.82) is 0 Å². The Hall–Kier alpha value is -0.720. The van der Waals surface area contributed by atoms with E-state index in [1.54, 1.807) is 0 Å². The van der Waals surface area contributed by atoms with Gasteiger partial charge in [0, 0.05) is 19.8 Å². The minimum atomic E-state index is -4.41. The lowest BCUT2D eigenvalue weighted by Crippen LogP contribution is -2.35. The fourth-order valence-electron chi connectivity index (χ4n) is 2.40. The lowest BCUT2D eigenvalue weighted by Gasteiger charge is -2.28. The van der Waals surface area contributed by atoms with Gasteiger partial charge >= 0.3 is 6.18 Å². The molecule has 120 valence electrons. The standard InChI is InChI=1S/C13H17ClF3N3.ClH/c1-20(8-9-2-4-18-5-3-9)12-11(14)6-10(7-19-12)13(15,16)17;/h6-7,9,18H,2-5,8H2,1H3;1H. The van der Waals surface area contributed by atoms with E-state index in [2.05, 4.69) is 10.3 Å². The summed E-state index contributed by atoms with van der Waals surface area (Å²) in [5, 5.41) is 3.32. The van der Waals surface area contributed by atoms with Crippen molar-refractivity contribution >= 4 is 29.8 Å². The summed E-state index contributed by atoms with van der Waals surface area (Å²) in [5.74, 6) is 0.916. The molecule has 8 heteroatoms. The Kier molecular flexibility index (Phi) is 6.56. The van der Waals surface area contributed by atoms with Gasteiger partial charge in [0.25, 0.3) is 0 Å². The zero-order valence-electron chi connectivity index (χ0n) is 11.6. The predicted molar refractivity (Wildman–Crippen MR) is 80.4 cm³/mol. The van der Waals surface area contributed by atoms with Crippen LogP contribution in [-0.2, 0) is 6.18 Å². The highest BCUT2D eigenvalue weighted by Crippen LogP contribution is 2.33. The van der Waals surface area contributed by atoms with Crippen molar-refractivity contribution in [3.8, 4) is 0 Å². The van der Waals surface area contributed by atoms with Crippen LogP contribution in [0.25, 0.3) is 0 Å². The van der Waals surface area contributed by atoms with Crippen molar-refractivity contribution < 1.29 is 13.2 Å². The summed E-state index contributed by atoms with van der Waals surface area (Å²) < 4.78 is 37.7. The molecule has 1 aromatic heterocycles. The molecule has 3 nitrogen and oxygen atoms in total. The van der Waals surface area contributed by atoms with E-state index in [9.17, 15) is 13.2 Å². The molecule has 0 saturated carbocycles. The van der Waals surface area contributed by atoms with Gasteiger partial charge in [0.05, 0.1) is 10.6 Å². The summed E-state index contributed by atoms with van der Waals surface area (Å²) in [5.41, 5.74) is -0.818. The van der Waals surface area contributed by atoms with E-state index in [-0.39, 0.29) is 17.4 Å². The number of nitrogens with zero attached hydrogens (tertiary/aromatic N) is 2. The van der Waals surface area contributed by atoms with Gasteiger partial charge < -0.3 is 10.2 Å². The Morgan fingerprint density at radius 2 is 2.00 bits per heavy atom. The molecule has 1 N–H and O–H groups in total. The van der Waals surface area contributed by atoms with Crippen LogP contribution in [0.5, 0.6) is 0 Å². The molecule has 0 unspecified atom stereocenters. The van der Waals surface area contributed by atoms with Crippen LogP contribution in [0.3, 0.4) is 0 Å². The first-order chi connectivity index (χ1) is 9.38. The second-order valence-corrected chi connectivity index (χ2v) is 5.51. The lowest BCUT2D eigenvalue weighted by atomic mass is 9.98. The van der Waals surface area contributed by atoms with Crippen LogP contribution in [0.2, 0.25) is 5.02 Å². The van der Waals surface area contributed by atoms with Gasteiger partial charge in [-0.3, -0.25) is 0 Å². The Bertz CT molecular complexity index is 462. The molecule has 21 heavy (non-hydrogen) atoms. The van der Waals surface area contributed by atoms with Gasteiger partial charge in [-0.2, -0.15) is 13.2 Å². The average molecular weight is 344 g/mol. The van der Waals surface area contributed by atoms with Crippen molar-refractivity contribution in [1.82, 2.24) is 10.3 Å². The Labute approximate surface area is 133 Å². The first-order valence-electron chi connectivity index (χ1n) is 6.52. The number of anilines is 1. The number of alkyl halides is 3. The molecule has 0 atom stereocenters. The highest BCUT2D eigenvalue weighted by Gasteiger charge is 2.32. The number of pyridine rings is 1. The van der Waals surface area contributed by atoms with E-state index >= 15 is 0 Å². The molecular formula is C13H18Cl2F3N3. The van der Waals surface area contributed by atoms with Crippen LogP contribution in [0.4, 0.5) is 19.0 Å². The normalized spacial score (nSPS) is 16.4. The minimum Gasteiger partial charge on any atom is -0.358 e. The van der Waals surface area contributed by atoms with Crippen LogP contribution in [0.1, 0.15) is 18.4 Å². The molecule has 0 spiro atoms. The summed E-state index contributed by atoms with van der Waals surface area (Å²) in [4.78, 5) is 5.70. The molecule has 0 radical (unpaired) electrons. The third-order valence-electron chi connectivity index (χ3n) is 3.50. The predicted octanol–water partition coefficient (Wildman–Crippen LogP) is 3.61. The average Bonchev–Trinajstić information content (AvgIpc) is 2.38. The van der Waals surface area contributed by atoms with E-state index in [0.717, 1.165) is 44.7 Å². The molecule has 1 aliphatic heterocycles. The topological polar surface area (TPSA) is 28.2 Å². The van der Waals surface area contributed by atoms with Crippen LogP contribution >= 0.6 is 24.0 Å². The maximum Gasteiger partial charge on any atom is 0.417 e. The molecule has 1 aliphatic rings. The summed E-state index contributed by atoms with van der Waals surface area (Å²) in [6.07, 6.45) is -1.46. The molecule has 0 bridgehead atoms. The van der Waals surface area contributed by atoms with E-state index in [1.165, 1.54) is 0 Å². The van der Waals surface area contributed by atoms with Gasteiger partial charge in [0.1, 0.15) is 5.82 Å². The van der Waals surface area contributed by atoms with Gasteiger partial charge in [0.2, 0.25) is 0 Å². The number of nitrogens with one attached hydrogen (secondary N) is 1. The number of halogens is 5. The molecule has 0 aliphatic carbocycles. The van der Waals surface area contributed by atoms with Gasteiger partial charge in [0.15, 0.2) is 0 Å². The van der Waals surface area contributed by atoms with Crippen molar-refractivity contribution in [3.63, 3.8) is 0 Å². The number of aromatic nitrogens is 1. The summed E-state index contributed by atoms with van der Waals surface area (Å²) in [6.45, 7) is 2.71. The fraction of sp³-hybridized carbons (Fsp3) is 0.615. The SMILES string of the molecule is CN(CC1CCNCC1)c1ncc(C(F)(F)F)cc1Cl.Cl. The number of hydrogen-bond acceptors (Lipinski definition) is 3. The fourth-order valence-corrected chi connectivity index (χ4v) is 2.72. The summed E-state index contributed by atoms with van der Waals surface area (Å²) in [6, 6.07) is 0.933. The molecule has 1 fully saturated rings. The molecule has 0 aromatic carbocycles. The minimum absolute atomic E-state index is 0. The highest BCUT2D eigenvalue weighted by atomic mass is 35.5. The maximum atomic E-state index is 12.6. The second kappa shape index (κ2) is 7.51. The zero-order chi connectivity index (χ0) is 14.8. The van der Waals surface area contributed by atoms with Gasteiger partial charge in [-0.1, -0.05) is 11.6 Å². The quantitative estimate of drug-likeness (QED) is 0.908. The van der Waals surface area contributed by atoms with Gasteiger partial charge in [-0.25, -0.2) is 4.98 Å². The smallest absolute Gasteiger partial charge is 0.358 e. The molecule has 1 aromatic rings. The lowest BCUT2D eigenvalue weighted by molar-refractivity contribution is -0.137. The molecule has 2 rings (SSSR count).